The van der Waals surface area contributed by atoms with E-state index in [4.69, 9.17) is 0 Å². The zero-order valence-corrected chi connectivity index (χ0v) is 13.8. The van der Waals surface area contributed by atoms with Gasteiger partial charge in [0.2, 0.25) is 11.8 Å². The molecule has 0 bridgehead atoms. The smallest absolute Gasteiger partial charge is 0.223 e. The van der Waals surface area contributed by atoms with Gasteiger partial charge in [-0.15, -0.1) is 0 Å². The standard InChI is InChI=1S/C18H22N4O2/c1-21-17(24)12-15(18(21)14-6-3-2-4-7-14)13-19-16(23)8-11-22-10-5-9-20-22/h2-7,9-10,15,18H,8,11-13H2,1H3,(H,19,23). The summed E-state index contributed by atoms with van der Waals surface area (Å²) in [7, 11) is 1.83. The van der Waals surface area contributed by atoms with Crippen molar-refractivity contribution >= 4 is 11.8 Å². The van der Waals surface area contributed by atoms with Crippen LogP contribution in [0.4, 0.5) is 0 Å². The number of benzene rings is 1. The minimum Gasteiger partial charge on any atom is -0.356 e. The van der Waals surface area contributed by atoms with E-state index in [2.05, 4.69) is 10.4 Å². The van der Waals surface area contributed by atoms with Gasteiger partial charge in [-0.1, -0.05) is 30.3 Å². The molecule has 0 spiro atoms. The summed E-state index contributed by atoms with van der Waals surface area (Å²) in [4.78, 5) is 25.9. The van der Waals surface area contributed by atoms with Crippen molar-refractivity contribution in [1.82, 2.24) is 20.0 Å². The Morgan fingerprint density at radius 1 is 1.29 bits per heavy atom. The highest BCUT2D eigenvalue weighted by Crippen LogP contribution is 2.36. The molecule has 2 atom stereocenters. The molecule has 1 aliphatic rings. The topological polar surface area (TPSA) is 67.2 Å². The van der Waals surface area contributed by atoms with E-state index >= 15 is 0 Å². The highest BCUT2D eigenvalue weighted by molar-refractivity contribution is 5.80. The molecule has 1 aromatic heterocycles. The van der Waals surface area contributed by atoms with Crippen LogP contribution in [0.15, 0.2) is 48.8 Å². The molecule has 1 saturated heterocycles. The van der Waals surface area contributed by atoms with Gasteiger partial charge in [-0.2, -0.15) is 5.10 Å². The number of likely N-dealkylation sites (tertiary alicyclic amines) is 1. The van der Waals surface area contributed by atoms with E-state index in [1.807, 2.05) is 49.6 Å². The summed E-state index contributed by atoms with van der Waals surface area (Å²) < 4.78 is 1.74. The summed E-state index contributed by atoms with van der Waals surface area (Å²) in [5, 5.41) is 7.05. The van der Waals surface area contributed by atoms with E-state index in [9.17, 15) is 9.59 Å². The summed E-state index contributed by atoms with van der Waals surface area (Å²) in [6.07, 6.45) is 4.38. The summed E-state index contributed by atoms with van der Waals surface area (Å²) in [5.41, 5.74) is 1.11. The first-order valence-electron chi connectivity index (χ1n) is 8.20. The van der Waals surface area contributed by atoms with Gasteiger partial charge in [-0.05, 0) is 11.6 Å². The lowest BCUT2D eigenvalue weighted by Crippen LogP contribution is -2.33. The minimum atomic E-state index is -0.0145. The molecular formula is C18H22N4O2. The lowest BCUT2D eigenvalue weighted by atomic mass is 9.93. The first-order valence-corrected chi connectivity index (χ1v) is 8.20. The maximum absolute atomic E-state index is 12.1. The van der Waals surface area contributed by atoms with E-state index in [-0.39, 0.29) is 23.8 Å². The third-order valence-corrected chi connectivity index (χ3v) is 4.52. The zero-order valence-electron chi connectivity index (χ0n) is 13.8. The molecule has 6 heteroatoms. The molecule has 1 N–H and O–H groups in total. The Hall–Kier alpha value is -2.63. The summed E-state index contributed by atoms with van der Waals surface area (Å²) in [6.45, 7) is 1.07. The number of hydrogen-bond donors (Lipinski definition) is 1. The monoisotopic (exact) mass is 326 g/mol. The van der Waals surface area contributed by atoms with E-state index in [0.717, 1.165) is 5.56 Å². The van der Waals surface area contributed by atoms with Gasteiger partial charge in [0, 0.05) is 51.3 Å². The molecule has 0 saturated carbocycles. The number of hydrogen-bond acceptors (Lipinski definition) is 3. The van der Waals surface area contributed by atoms with Crippen molar-refractivity contribution < 1.29 is 9.59 Å². The molecule has 1 fully saturated rings. The Balaban J connectivity index is 1.57. The molecule has 126 valence electrons. The van der Waals surface area contributed by atoms with E-state index in [0.29, 0.717) is 25.9 Å². The maximum Gasteiger partial charge on any atom is 0.223 e. The van der Waals surface area contributed by atoms with Crippen LogP contribution in [-0.2, 0) is 16.1 Å². The first-order chi connectivity index (χ1) is 11.6. The van der Waals surface area contributed by atoms with Crippen molar-refractivity contribution in [2.45, 2.75) is 25.4 Å². The average molecular weight is 326 g/mol. The van der Waals surface area contributed by atoms with Crippen LogP contribution >= 0.6 is 0 Å². The molecule has 6 nitrogen and oxygen atoms in total. The summed E-state index contributed by atoms with van der Waals surface area (Å²) in [6, 6.07) is 11.8. The van der Waals surface area contributed by atoms with Crippen molar-refractivity contribution in [3.05, 3.63) is 54.4 Å². The van der Waals surface area contributed by atoms with Gasteiger partial charge in [0.1, 0.15) is 0 Å². The molecule has 2 aromatic rings. The normalized spacial score (nSPS) is 20.4. The Labute approximate surface area is 141 Å². The zero-order chi connectivity index (χ0) is 16.9. The molecular weight excluding hydrogens is 304 g/mol. The van der Waals surface area contributed by atoms with E-state index in [1.54, 1.807) is 15.8 Å². The highest BCUT2D eigenvalue weighted by Gasteiger charge is 2.38. The SMILES string of the molecule is CN1C(=O)CC(CNC(=O)CCn2cccn2)C1c1ccccc1. The quantitative estimate of drug-likeness (QED) is 0.877. The molecule has 0 radical (unpaired) electrons. The Kier molecular flexibility index (Phi) is 4.93. The van der Waals surface area contributed by atoms with E-state index < -0.39 is 0 Å². The average Bonchev–Trinajstić information content (AvgIpc) is 3.21. The number of rotatable bonds is 6. The van der Waals surface area contributed by atoms with Gasteiger partial charge in [0.25, 0.3) is 0 Å². The van der Waals surface area contributed by atoms with Gasteiger partial charge in [0.15, 0.2) is 0 Å². The molecule has 2 heterocycles. The third kappa shape index (κ3) is 3.64. The summed E-state index contributed by atoms with van der Waals surface area (Å²) in [5.74, 6) is 0.206. The molecule has 1 aliphatic heterocycles. The second kappa shape index (κ2) is 7.29. The predicted molar refractivity (Wildman–Crippen MR) is 89.9 cm³/mol. The number of aromatic nitrogens is 2. The van der Waals surface area contributed by atoms with E-state index in [1.165, 1.54) is 0 Å². The van der Waals surface area contributed by atoms with Gasteiger partial charge in [-0.3, -0.25) is 14.3 Å². The molecule has 24 heavy (non-hydrogen) atoms. The number of amides is 2. The van der Waals surface area contributed by atoms with Crippen LogP contribution in [0.25, 0.3) is 0 Å². The minimum absolute atomic E-state index is 0.0145. The molecule has 3 rings (SSSR count). The number of carbonyl (C=O) groups is 2. The van der Waals surface area contributed by atoms with Crippen molar-refractivity contribution in [1.29, 1.82) is 0 Å². The predicted octanol–water partition coefficient (Wildman–Crippen LogP) is 1.61. The van der Waals surface area contributed by atoms with Gasteiger partial charge in [-0.25, -0.2) is 0 Å². The third-order valence-electron chi connectivity index (χ3n) is 4.52. The van der Waals surface area contributed by atoms with Crippen LogP contribution in [0.3, 0.4) is 0 Å². The number of carbonyl (C=O) groups excluding carboxylic acids is 2. The largest absolute Gasteiger partial charge is 0.356 e. The second-order valence-corrected chi connectivity index (χ2v) is 6.15. The van der Waals surface area contributed by atoms with Crippen molar-refractivity contribution in [3.63, 3.8) is 0 Å². The summed E-state index contributed by atoms with van der Waals surface area (Å²) >= 11 is 0. The van der Waals surface area contributed by atoms with Crippen molar-refractivity contribution in [2.24, 2.45) is 5.92 Å². The fraction of sp³-hybridized carbons (Fsp3) is 0.389. The van der Waals surface area contributed by atoms with Crippen LogP contribution in [0.5, 0.6) is 0 Å². The van der Waals surface area contributed by atoms with Crippen LogP contribution in [0, 0.1) is 5.92 Å². The Morgan fingerprint density at radius 2 is 2.08 bits per heavy atom. The Morgan fingerprint density at radius 3 is 2.79 bits per heavy atom. The molecule has 1 aromatic carbocycles. The molecule has 2 unspecified atom stereocenters. The number of nitrogens with one attached hydrogen (secondary N) is 1. The number of aryl methyl sites for hydroxylation is 1. The van der Waals surface area contributed by atoms with Gasteiger partial charge in [0.05, 0.1) is 6.04 Å². The fourth-order valence-electron chi connectivity index (χ4n) is 3.26. The van der Waals surface area contributed by atoms with Crippen LogP contribution < -0.4 is 5.32 Å². The molecule has 0 aliphatic carbocycles. The second-order valence-electron chi connectivity index (χ2n) is 6.15. The van der Waals surface area contributed by atoms with Crippen LogP contribution in [0.1, 0.15) is 24.4 Å². The van der Waals surface area contributed by atoms with Crippen LogP contribution in [-0.4, -0.2) is 40.1 Å². The van der Waals surface area contributed by atoms with Crippen molar-refractivity contribution in [2.75, 3.05) is 13.6 Å². The number of nitrogens with zero attached hydrogens (tertiary/aromatic N) is 3. The lowest BCUT2D eigenvalue weighted by Gasteiger charge is -2.25. The maximum atomic E-state index is 12.1. The highest BCUT2D eigenvalue weighted by atomic mass is 16.2. The van der Waals surface area contributed by atoms with Crippen molar-refractivity contribution in [3.8, 4) is 0 Å². The Bertz CT molecular complexity index is 684. The van der Waals surface area contributed by atoms with Crippen LogP contribution in [0.2, 0.25) is 0 Å². The van der Waals surface area contributed by atoms with Gasteiger partial charge < -0.3 is 10.2 Å². The molecule has 2 amide bonds. The lowest BCUT2D eigenvalue weighted by molar-refractivity contribution is -0.127. The first kappa shape index (κ1) is 16.2. The van der Waals surface area contributed by atoms with Gasteiger partial charge >= 0.3 is 0 Å². The fourth-order valence-corrected chi connectivity index (χ4v) is 3.26.